The van der Waals surface area contributed by atoms with Crippen LogP contribution in [0.1, 0.15) is 12.6 Å². The number of para-hydroxylation sites is 2. The lowest BCUT2D eigenvalue weighted by molar-refractivity contribution is -0.115. The maximum Gasteiger partial charge on any atom is 0.297 e. The Balaban J connectivity index is 1.63. The van der Waals surface area contributed by atoms with Gasteiger partial charge in [-0.25, -0.2) is 4.68 Å². The molecule has 164 valence electrons. The molecule has 4 rings (SSSR count). The van der Waals surface area contributed by atoms with Gasteiger partial charge in [0.1, 0.15) is 0 Å². The van der Waals surface area contributed by atoms with Gasteiger partial charge in [-0.2, -0.15) is 4.68 Å². The second-order valence-corrected chi connectivity index (χ2v) is 8.73. The Labute approximate surface area is 193 Å². The zero-order valence-corrected chi connectivity index (χ0v) is 19.1. The Morgan fingerprint density at radius 2 is 1.81 bits per heavy atom. The normalized spacial score (nSPS) is 12.0. The van der Waals surface area contributed by atoms with Crippen molar-refractivity contribution in [2.75, 3.05) is 5.32 Å². The number of thioether (sulfide) groups is 1. The van der Waals surface area contributed by atoms with Crippen molar-refractivity contribution in [1.29, 1.82) is 0 Å². The van der Waals surface area contributed by atoms with E-state index in [1.165, 1.54) is 4.68 Å². The number of amides is 1. The number of carbonyl (C=O) groups excluding carboxylic acids is 1. The fourth-order valence-corrected chi connectivity index (χ4v) is 4.18. The van der Waals surface area contributed by atoms with Gasteiger partial charge in [0.05, 0.1) is 27.3 Å². The standard InChI is InChI=1S/C21H20ClN7O2S/c1-13-18(20(31)29(27(13)3)15-9-5-4-6-10-15)28-21(24-25-26-28)32-14(2)19(30)23-17-12-8-7-11-16(17)22/h4-12,14H,1-3H3,(H,23,30). The molecule has 0 fully saturated rings. The van der Waals surface area contributed by atoms with Crippen molar-refractivity contribution in [3.05, 3.63) is 75.7 Å². The van der Waals surface area contributed by atoms with Crippen LogP contribution in [0.15, 0.2) is 64.5 Å². The van der Waals surface area contributed by atoms with Crippen molar-refractivity contribution >= 4 is 35.0 Å². The average molecular weight is 470 g/mol. The topological polar surface area (TPSA) is 99.6 Å². The van der Waals surface area contributed by atoms with Crippen molar-refractivity contribution in [2.24, 2.45) is 7.05 Å². The van der Waals surface area contributed by atoms with E-state index in [-0.39, 0.29) is 11.5 Å². The Hall–Kier alpha value is -3.37. The number of aromatic nitrogens is 6. The Morgan fingerprint density at radius 1 is 1.12 bits per heavy atom. The summed E-state index contributed by atoms with van der Waals surface area (Å²) >= 11 is 7.27. The lowest BCUT2D eigenvalue weighted by Crippen LogP contribution is -2.24. The number of hydrogen-bond donors (Lipinski definition) is 1. The maximum absolute atomic E-state index is 13.3. The first-order valence-electron chi connectivity index (χ1n) is 9.73. The molecule has 2 aromatic heterocycles. The highest BCUT2D eigenvalue weighted by atomic mass is 35.5. The second kappa shape index (κ2) is 9.01. The van der Waals surface area contributed by atoms with Crippen LogP contribution in [0, 0.1) is 6.92 Å². The molecule has 11 heteroatoms. The van der Waals surface area contributed by atoms with Crippen molar-refractivity contribution in [3.63, 3.8) is 0 Å². The van der Waals surface area contributed by atoms with E-state index in [4.69, 9.17) is 11.6 Å². The molecular formula is C21H20ClN7O2S. The van der Waals surface area contributed by atoms with E-state index < -0.39 is 5.25 Å². The Morgan fingerprint density at radius 3 is 2.53 bits per heavy atom. The molecule has 0 spiro atoms. The number of carbonyl (C=O) groups is 1. The van der Waals surface area contributed by atoms with Gasteiger partial charge in [0.2, 0.25) is 11.1 Å². The minimum Gasteiger partial charge on any atom is -0.324 e. The third-order valence-corrected chi connectivity index (χ3v) is 6.32. The molecule has 0 saturated carbocycles. The molecule has 9 nitrogen and oxygen atoms in total. The summed E-state index contributed by atoms with van der Waals surface area (Å²) in [4.78, 5) is 26.0. The summed E-state index contributed by atoms with van der Waals surface area (Å²) < 4.78 is 4.67. The molecule has 0 saturated heterocycles. The molecule has 1 N–H and O–H groups in total. The van der Waals surface area contributed by atoms with Crippen molar-refractivity contribution in [2.45, 2.75) is 24.3 Å². The molecule has 4 aromatic rings. The molecule has 2 aromatic carbocycles. The summed E-state index contributed by atoms with van der Waals surface area (Å²) in [7, 11) is 1.80. The highest BCUT2D eigenvalue weighted by Crippen LogP contribution is 2.26. The fourth-order valence-electron chi connectivity index (χ4n) is 3.20. The zero-order chi connectivity index (χ0) is 22.8. The quantitative estimate of drug-likeness (QED) is 0.435. The highest BCUT2D eigenvalue weighted by molar-refractivity contribution is 8.00. The van der Waals surface area contributed by atoms with E-state index in [0.717, 1.165) is 17.4 Å². The van der Waals surface area contributed by atoms with E-state index in [1.54, 1.807) is 47.6 Å². The second-order valence-electron chi connectivity index (χ2n) is 7.01. The largest absolute Gasteiger partial charge is 0.324 e. The van der Waals surface area contributed by atoms with Gasteiger partial charge in [0, 0.05) is 7.05 Å². The van der Waals surface area contributed by atoms with Gasteiger partial charge < -0.3 is 5.32 Å². The summed E-state index contributed by atoms with van der Waals surface area (Å²) in [6.07, 6.45) is 0. The van der Waals surface area contributed by atoms with Gasteiger partial charge in [-0.05, 0) is 48.5 Å². The molecule has 0 aliphatic rings. The lowest BCUT2D eigenvalue weighted by Gasteiger charge is -2.12. The Bertz CT molecular complexity index is 1330. The number of anilines is 1. The molecular weight excluding hydrogens is 450 g/mol. The molecule has 1 atom stereocenters. The lowest BCUT2D eigenvalue weighted by atomic mass is 10.3. The van der Waals surface area contributed by atoms with Gasteiger partial charge in [0.15, 0.2) is 5.69 Å². The van der Waals surface area contributed by atoms with Gasteiger partial charge in [-0.1, -0.05) is 53.7 Å². The molecule has 0 bridgehead atoms. The van der Waals surface area contributed by atoms with Crippen LogP contribution in [0.25, 0.3) is 11.4 Å². The average Bonchev–Trinajstić information content (AvgIpc) is 3.31. The smallest absolute Gasteiger partial charge is 0.297 e. The Kier molecular flexibility index (Phi) is 6.15. The van der Waals surface area contributed by atoms with Gasteiger partial charge in [-0.15, -0.1) is 5.10 Å². The van der Waals surface area contributed by atoms with Crippen LogP contribution in [-0.4, -0.2) is 40.7 Å². The van der Waals surface area contributed by atoms with Crippen LogP contribution in [0.5, 0.6) is 0 Å². The van der Waals surface area contributed by atoms with Crippen molar-refractivity contribution < 1.29 is 4.79 Å². The molecule has 0 aliphatic heterocycles. The predicted molar refractivity (Wildman–Crippen MR) is 124 cm³/mol. The number of nitrogens with one attached hydrogen (secondary N) is 1. The van der Waals surface area contributed by atoms with E-state index >= 15 is 0 Å². The summed E-state index contributed by atoms with van der Waals surface area (Å²) in [5, 5.41) is 14.8. The van der Waals surface area contributed by atoms with Gasteiger partial charge >= 0.3 is 0 Å². The van der Waals surface area contributed by atoms with Crippen LogP contribution < -0.4 is 10.9 Å². The predicted octanol–water partition coefficient (Wildman–Crippen LogP) is 3.23. The number of halogens is 1. The molecule has 1 amide bonds. The van der Waals surface area contributed by atoms with Gasteiger partial charge in [-0.3, -0.25) is 14.3 Å². The van der Waals surface area contributed by atoms with E-state index in [0.29, 0.717) is 27.2 Å². The molecule has 0 aliphatic carbocycles. The first-order valence-corrected chi connectivity index (χ1v) is 11.0. The first-order chi connectivity index (χ1) is 15.4. The van der Waals surface area contributed by atoms with Crippen LogP contribution in [0.4, 0.5) is 5.69 Å². The molecule has 1 unspecified atom stereocenters. The summed E-state index contributed by atoms with van der Waals surface area (Å²) in [6, 6.07) is 16.3. The zero-order valence-electron chi connectivity index (χ0n) is 17.6. The minimum atomic E-state index is -0.545. The minimum absolute atomic E-state index is 0.260. The number of nitrogens with zero attached hydrogens (tertiary/aromatic N) is 6. The number of tetrazole rings is 1. The van der Waals surface area contributed by atoms with Crippen molar-refractivity contribution in [3.8, 4) is 11.4 Å². The third-order valence-electron chi connectivity index (χ3n) is 4.96. The summed E-state index contributed by atoms with van der Waals surface area (Å²) in [5.41, 5.74) is 1.99. The van der Waals surface area contributed by atoms with E-state index in [9.17, 15) is 9.59 Å². The number of benzene rings is 2. The third kappa shape index (κ3) is 4.06. The summed E-state index contributed by atoms with van der Waals surface area (Å²) in [5.74, 6) is -0.260. The molecule has 0 radical (unpaired) electrons. The van der Waals surface area contributed by atoms with E-state index in [2.05, 4.69) is 20.8 Å². The number of hydrogen-bond acceptors (Lipinski definition) is 6. The fraction of sp³-hybridized carbons (Fsp3) is 0.190. The SMILES string of the molecule is Cc1c(-n2nnnc2SC(C)C(=O)Nc2ccccc2Cl)c(=O)n(-c2ccccc2)n1C. The van der Waals surface area contributed by atoms with Crippen LogP contribution in [-0.2, 0) is 11.8 Å². The van der Waals surface area contributed by atoms with Crippen molar-refractivity contribution in [1.82, 2.24) is 29.6 Å². The van der Waals surface area contributed by atoms with Crippen LogP contribution >= 0.6 is 23.4 Å². The molecule has 2 heterocycles. The summed E-state index contributed by atoms with van der Waals surface area (Å²) in [6.45, 7) is 3.55. The van der Waals surface area contributed by atoms with E-state index in [1.807, 2.05) is 37.3 Å². The number of rotatable bonds is 6. The monoisotopic (exact) mass is 469 g/mol. The first kappa shape index (κ1) is 21.8. The van der Waals surface area contributed by atoms with Gasteiger partial charge in [0.25, 0.3) is 5.56 Å². The van der Waals surface area contributed by atoms with Crippen LogP contribution in [0.2, 0.25) is 5.02 Å². The molecule has 32 heavy (non-hydrogen) atoms. The maximum atomic E-state index is 13.3. The highest BCUT2D eigenvalue weighted by Gasteiger charge is 2.25. The van der Waals surface area contributed by atoms with Crippen LogP contribution in [0.3, 0.4) is 0 Å².